The molecule has 0 aliphatic heterocycles. The summed E-state index contributed by atoms with van der Waals surface area (Å²) >= 11 is 0. The van der Waals surface area contributed by atoms with Gasteiger partial charge in [-0.05, 0) is 19.3 Å². The summed E-state index contributed by atoms with van der Waals surface area (Å²) in [7, 11) is 0. The van der Waals surface area contributed by atoms with Gasteiger partial charge in [0, 0.05) is 5.92 Å². The maximum Gasteiger partial charge on any atom is 0.154 e. The van der Waals surface area contributed by atoms with Crippen LogP contribution < -0.4 is 0 Å². The second-order valence-corrected chi connectivity index (χ2v) is 3.68. The second kappa shape index (κ2) is 6.35. The lowest BCUT2D eigenvalue weighted by molar-refractivity contribution is -0.118. The predicted molar refractivity (Wildman–Crippen MR) is 52.1 cm³/mol. The minimum Gasteiger partial charge on any atom is -0.393 e. The van der Waals surface area contributed by atoms with E-state index in [0.717, 1.165) is 19.3 Å². The van der Waals surface area contributed by atoms with Crippen LogP contribution in [0.5, 0.6) is 0 Å². The van der Waals surface area contributed by atoms with Crippen LogP contribution >= 0.6 is 0 Å². The van der Waals surface area contributed by atoms with Crippen molar-refractivity contribution in [2.75, 3.05) is 0 Å². The van der Waals surface area contributed by atoms with E-state index >= 15 is 0 Å². The van der Waals surface area contributed by atoms with E-state index in [-0.39, 0.29) is 11.8 Å². The summed E-state index contributed by atoms with van der Waals surface area (Å²) in [6.07, 6.45) is 0.662. The highest BCUT2D eigenvalue weighted by Crippen LogP contribution is 2.26. The second-order valence-electron chi connectivity index (χ2n) is 3.68. The van der Waals surface area contributed by atoms with Crippen LogP contribution in [-0.4, -0.2) is 27.7 Å². The lowest BCUT2D eigenvalue weighted by atomic mass is 9.82. The number of rotatable bonds is 6. The molecule has 3 unspecified atom stereocenters. The Morgan fingerprint density at radius 3 is 1.77 bits per heavy atom. The summed E-state index contributed by atoms with van der Waals surface area (Å²) in [5, 5.41) is 27.7. The molecule has 13 heavy (non-hydrogen) atoms. The molecule has 0 bridgehead atoms. The van der Waals surface area contributed by atoms with Crippen LogP contribution in [0.3, 0.4) is 0 Å². The van der Waals surface area contributed by atoms with Gasteiger partial charge in [0.2, 0.25) is 0 Å². The monoisotopic (exact) mass is 190 g/mol. The van der Waals surface area contributed by atoms with Gasteiger partial charge in [0.05, 0.1) is 6.10 Å². The molecule has 0 aliphatic carbocycles. The molecule has 3 N–H and O–H groups in total. The smallest absolute Gasteiger partial charge is 0.154 e. The molecule has 0 spiro atoms. The van der Waals surface area contributed by atoms with Crippen LogP contribution in [0.1, 0.15) is 40.0 Å². The molecular weight excluding hydrogens is 168 g/mol. The van der Waals surface area contributed by atoms with Crippen molar-refractivity contribution in [3.8, 4) is 0 Å². The van der Waals surface area contributed by atoms with E-state index in [1.807, 2.05) is 13.8 Å². The number of hydrogen-bond acceptors (Lipinski definition) is 3. The van der Waals surface area contributed by atoms with Crippen molar-refractivity contribution < 1.29 is 15.3 Å². The predicted octanol–water partition coefficient (Wildman–Crippen LogP) is 1.12. The van der Waals surface area contributed by atoms with Crippen molar-refractivity contribution in [3.05, 3.63) is 0 Å². The fourth-order valence-electron chi connectivity index (χ4n) is 1.92. The first-order chi connectivity index (χ1) is 6.04. The Morgan fingerprint density at radius 1 is 1.00 bits per heavy atom. The molecule has 0 aliphatic rings. The molecule has 0 aromatic carbocycles. The SMILES string of the molecule is CCCC(C(O)O)C(CC)C(C)O. The van der Waals surface area contributed by atoms with E-state index in [1.165, 1.54) is 0 Å². The molecule has 80 valence electrons. The zero-order valence-corrected chi connectivity index (χ0v) is 8.77. The number of aliphatic hydroxyl groups is 3. The summed E-state index contributed by atoms with van der Waals surface area (Å²) in [6, 6.07) is 0. The van der Waals surface area contributed by atoms with Gasteiger partial charge in [-0.15, -0.1) is 0 Å². The van der Waals surface area contributed by atoms with E-state index in [1.54, 1.807) is 6.92 Å². The van der Waals surface area contributed by atoms with E-state index in [9.17, 15) is 5.11 Å². The average molecular weight is 190 g/mol. The lowest BCUT2D eigenvalue weighted by Crippen LogP contribution is -2.33. The van der Waals surface area contributed by atoms with E-state index in [0.29, 0.717) is 0 Å². The Labute approximate surface area is 80.4 Å². The van der Waals surface area contributed by atoms with Crippen molar-refractivity contribution >= 4 is 0 Å². The summed E-state index contributed by atoms with van der Waals surface area (Å²) in [6.45, 7) is 5.67. The molecule has 0 fully saturated rings. The minimum atomic E-state index is -1.31. The fraction of sp³-hybridized carbons (Fsp3) is 1.00. The van der Waals surface area contributed by atoms with Gasteiger partial charge in [-0.1, -0.05) is 26.7 Å². The van der Waals surface area contributed by atoms with Crippen LogP contribution in [-0.2, 0) is 0 Å². The molecule has 0 saturated heterocycles. The Morgan fingerprint density at radius 2 is 1.54 bits per heavy atom. The first kappa shape index (κ1) is 12.9. The van der Waals surface area contributed by atoms with E-state index < -0.39 is 12.4 Å². The van der Waals surface area contributed by atoms with Crippen LogP contribution in [0.25, 0.3) is 0 Å². The van der Waals surface area contributed by atoms with Gasteiger partial charge < -0.3 is 15.3 Å². The zero-order valence-electron chi connectivity index (χ0n) is 8.77. The third-order valence-electron chi connectivity index (χ3n) is 2.65. The third-order valence-corrected chi connectivity index (χ3v) is 2.65. The first-order valence-corrected chi connectivity index (χ1v) is 5.08. The molecular formula is C10H22O3. The van der Waals surface area contributed by atoms with E-state index in [4.69, 9.17) is 10.2 Å². The maximum atomic E-state index is 9.44. The lowest BCUT2D eigenvalue weighted by Gasteiger charge is -2.29. The van der Waals surface area contributed by atoms with Crippen molar-refractivity contribution in [2.24, 2.45) is 11.8 Å². The normalized spacial score (nSPS) is 18.7. The topological polar surface area (TPSA) is 60.7 Å². The Kier molecular flexibility index (Phi) is 6.29. The van der Waals surface area contributed by atoms with Crippen molar-refractivity contribution in [3.63, 3.8) is 0 Å². The van der Waals surface area contributed by atoms with Crippen LogP contribution in [0.2, 0.25) is 0 Å². The minimum absolute atomic E-state index is 0.0139. The van der Waals surface area contributed by atoms with Crippen molar-refractivity contribution in [1.29, 1.82) is 0 Å². The molecule has 0 aromatic heterocycles. The largest absolute Gasteiger partial charge is 0.393 e. The Balaban J connectivity index is 4.29. The quantitative estimate of drug-likeness (QED) is 0.550. The molecule has 0 rings (SSSR count). The highest BCUT2D eigenvalue weighted by atomic mass is 16.5. The number of aliphatic hydroxyl groups excluding tert-OH is 2. The van der Waals surface area contributed by atoms with Crippen LogP contribution in [0, 0.1) is 11.8 Å². The fourth-order valence-corrected chi connectivity index (χ4v) is 1.92. The van der Waals surface area contributed by atoms with Gasteiger partial charge in [0.15, 0.2) is 6.29 Å². The molecule has 0 amide bonds. The molecule has 0 radical (unpaired) electrons. The molecule has 0 saturated carbocycles. The van der Waals surface area contributed by atoms with Crippen molar-refractivity contribution in [1.82, 2.24) is 0 Å². The highest BCUT2D eigenvalue weighted by molar-refractivity contribution is 4.74. The average Bonchev–Trinajstić information content (AvgIpc) is 2.03. The van der Waals surface area contributed by atoms with Gasteiger partial charge in [-0.3, -0.25) is 0 Å². The summed E-state index contributed by atoms with van der Waals surface area (Å²) in [4.78, 5) is 0. The summed E-state index contributed by atoms with van der Waals surface area (Å²) in [5.74, 6) is -0.213. The first-order valence-electron chi connectivity index (χ1n) is 5.08. The van der Waals surface area contributed by atoms with Crippen molar-refractivity contribution in [2.45, 2.75) is 52.4 Å². The Bertz CT molecular complexity index is 123. The molecule has 3 nitrogen and oxygen atoms in total. The third kappa shape index (κ3) is 4.07. The van der Waals surface area contributed by atoms with E-state index in [2.05, 4.69) is 0 Å². The van der Waals surface area contributed by atoms with Gasteiger partial charge in [-0.25, -0.2) is 0 Å². The van der Waals surface area contributed by atoms with Crippen LogP contribution in [0.15, 0.2) is 0 Å². The Hall–Kier alpha value is -0.120. The van der Waals surface area contributed by atoms with Gasteiger partial charge in [0.25, 0.3) is 0 Å². The molecule has 3 atom stereocenters. The van der Waals surface area contributed by atoms with Crippen LogP contribution in [0.4, 0.5) is 0 Å². The zero-order chi connectivity index (χ0) is 10.4. The number of hydrogen-bond donors (Lipinski definition) is 3. The highest BCUT2D eigenvalue weighted by Gasteiger charge is 2.28. The molecule has 0 aromatic rings. The standard InChI is InChI=1S/C10H22O3/c1-4-6-9(10(12)13)8(5-2)7(3)11/h7-13H,4-6H2,1-3H3. The summed E-state index contributed by atoms with van der Waals surface area (Å²) in [5.41, 5.74) is 0. The molecule has 0 heterocycles. The van der Waals surface area contributed by atoms with Gasteiger partial charge in [-0.2, -0.15) is 0 Å². The molecule has 3 heteroatoms. The van der Waals surface area contributed by atoms with Gasteiger partial charge >= 0.3 is 0 Å². The maximum absolute atomic E-state index is 9.44. The van der Waals surface area contributed by atoms with Gasteiger partial charge in [0.1, 0.15) is 0 Å². The summed E-state index contributed by atoms with van der Waals surface area (Å²) < 4.78 is 0.